The number of aryl methyl sites for hydroxylation is 1. The van der Waals surface area contributed by atoms with Gasteiger partial charge in [-0.05, 0) is 12.1 Å². The summed E-state index contributed by atoms with van der Waals surface area (Å²) in [5.41, 5.74) is 6.98. The fraction of sp³-hybridized carbons (Fsp3) is 0.250. The van der Waals surface area contributed by atoms with Crippen LogP contribution in [0.4, 0.5) is 4.39 Å². The van der Waals surface area contributed by atoms with E-state index in [-0.39, 0.29) is 11.9 Å². The van der Waals surface area contributed by atoms with Gasteiger partial charge in [-0.25, -0.2) is 4.39 Å². The van der Waals surface area contributed by atoms with Crippen molar-refractivity contribution >= 4 is 11.8 Å². The van der Waals surface area contributed by atoms with Crippen LogP contribution in [0.1, 0.15) is 11.6 Å². The SMILES string of the molecule is Cn1cc(C(N)CSc2ccccc2F)cn1. The number of rotatable bonds is 4. The third-order valence-electron chi connectivity index (χ3n) is 2.41. The minimum Gasteiger partial charge on any atom is -0.323 e. The third kappa shape index (κ3) is 3.08. The van der Waals surface area contributed by atoms with E-state index in [1.54, 1.807) is 23.0 Å². The van der Waals surface area contributed by atoms with Gasteiger partial charge in [0.2, 0.25) is 0 Å². The van der Waals surface area contributed by atoms with E-state index in [4.69, 9.17) is 5.73 Å². The Labute approximate surface area is 104 Å². The Hall–Kier alpha value is -1.33. The monoisotopic (exact) mass is 251 g/mol. The molecule has 90 valence electrons. The van der Waals surface area contributed by atoms with E-state index in [1.807, 2.05) is 19.3 Å². The zero-order valence-electron chi connectivity index (χ0n) is 9.51. The molecule has 0 aliphatic rings. The number of nitrogens with zero attached hydrogens (tertiary/aromatic N) is 2. The van der Waals surface area contributed by atoms with Gasteiger partial charge >= 0.3 is 0 Å². The second kappa shape index (κ2) is 5.33. The van der Waals surface area contributed by atoms with Gasteiger partial charge in [0.05, 0.1) is 6.20 Å². The summed E-state index contributed by atoms with van der Waals surface area (Å²) >= 11 is 1.42. The molecule has 0 aliphatic heterocycles. The summed E-state index contributed by atoms with van der Waals surface area (Å²) in [4.78, 5) is 0.631. The molecule has 0 saturated heterocycles. The zero-order valence-corrected chi connectivity index (χ0v) is 10.3. The molecule has 0 bridgehead atoms. The molecule has 2 rings (SSSR count). The zero-order chi connectivity index (χ0) is 12.3. The van der Waals surface area contributed by atoms with Crippen molar-refractivity contribution in [1.29, 1.82) is 0 Å². The van der Waals surface area contributed by atoms with Crippen molar-refractivity contribution in [2.75, 3.05) is 5.75 Å². The van der Waals surface area contributed by atoms with E-state index in [1.165, 1.54) is 17.8 Å². The van der Waals surface area contributed by atoms with Crippen LogP contribution in [0.15, 0.2) is 41.6 Å². The van der Waals surface area contributed by atoms with E-state index >= 15 is 0 Å². The second-order valence-electron chi connectivity index (χ2n) is 3.80. The molecule has 5 heteroatoms. The van der Waals surface area contributed by atoms with E-state index in [0.29, 0.717) is 10.6 Å². The highest BCUT2D eigenvalue weighted by atomic mass is 32.2. The summed E-state index contributed by atoms with van der Waals surface area (Å²) in [6.07, 6.45) is 3.62. The molecular formula is C12H14FN3S. The van der Waals surface area contributed by atoms with E-state index < -0.39 is 0 Å². The first-order chi connectivity index (χ1) is 8.16. The van der Waals surface area contributed by atoms with Crippen LogP contribution in [0.25, 0.3) is 0 Å². The predicted octanol–water partition coefficient (Wildman–Crippen LogP) is 2.35. The van der Waals surface area contributed by atoms with Gasteiger partial charge in [-0.3, -0.25) is 4.68 Å². The Morgan fingerprint density at radius 3 is 2.88 bits per heavy atom. The van der Waals surface area contributed by atoms with E-state index in [0.717, 1.165) is 5.56 Å². The lowest BCUT2D eigenvalue weighted by molar-refractivity contribution is 0.602. The van der Waals surface area contributed by atoms with Gasteiger partial charge in [-0.15, -0.1) is 11.8 Å². The van der Waals surface area contributed by atoms with Crippen LogP contribution in [0, 0.1) is 5.82 Å². The minimum atomic E-state index is -0.198. The standard InChI is InChI=1S/C12H14FN3S/c1-16-7-9(6-15-16)11(14)8-17-12-5-3-2-4-10(12)13/h2-7,11H,8,14H2,1H3. The Bertz CT molecular complexity index is 498. The van der Waals surface area contributed by atoms with Gasteiger partial charge in [0.1, 0.15) is 5.82 Å². The highest BCUT2D eigenvalue weighted by Gasteiger charge is 2.10. The molecule has 1 aromatic carbocycles. The van der Waals surface area contributed by atoms with Crippen LogP contribution in [0.3, 0.4) is 0 Å². The first-order valence-corrected chi connectivity index (χ1v) is 6.27. The Morgan fingerprint density at radius 2 is 2.24 bits per heavy atom. The van der Waals surface area contributed by atoms with E-state index in [9.17, 15) is 4.39 Å². The van der Waals surface area contributed by atoms with Gasteiger partial charge in [-0.2, -0.15) is 5.10 Å². The summed E-state index contributed by atoms with van der Waals surface area (Å²) in [6.45, 7) is 0. The molecule has 2 aromatic rings. The molecule has 3 nitrogen and oxygen atoms in total. The summed E-state index contributed by atoms with van der Waals surface area (Å²) in [5, 5.41) is 4.06. The topological polar surface area (TPSA) is 43.8 Å². The quantitative estimate of drug-likeness (QED) is 0.848. The molecule has 0 saturated carbocycles. The van der Waals surface area contributed by atoms with Crippen LogP contribution in [-0.4, -0.2) is 15.5 Å². The van der Waals surface area contributed by atoms with Crippen LogP contribution in [-0.2, 0) is 7.05 Å². The Kier molecular flexibility index (Phi) is 3.81. The van der Waals surface area contributed by atoms with Gasteiger partial charge in [0.25, 0.3) is 0 Å². The smallest absolute Gasteiger partial charge is 0.136 e. The van der Waals surface area contributed by atoms with Crippen LogP contribution < -0.4 is 5.73 Å². The summed E-state index contributed by atoms with van der Waals surface area (Å²) in [7, 11) is 1.85. The number of thioether (sulfide) groups is 1. The molecular weight excluding hydrogens is 237 g/mol. The lowest BCUT2D eigenvalue weighted by Gasteiger charge is -2.09. The van der Waals surface area contributed by atoms with Crippen molar-refractivity contribution in [2.24, 2.45) is 12.8 Å². The molecule has 0 aliphatic carbocycles. The highest BCUT2D eigenvalue weighted by Crippen LogP contribution is 2.25. The number of hydrogen-bond acceptors (Lipinski definition) is 3. The Morgan fingerprint density at radius 1 is 1.47 bits per heavy atom. The van der Waals surface area contributed by atoms with Crippen molar-refractivity contribution < 1.29 is 4.39 Å². The van der Waals surface area contributed by atoms with Gasteiger partial charge in [0.15, 0.2) is 0 Å². The van der Waals surface area contributed by atoms with Gasteiger partial charge in [-0.1, -0.05) is 12.1 Å². The average Bonchev–Trinajstić information content (AvgIpc) is 2.74. The number of halogens is 1. The fourth-order valence-electron chi connectivity index (χ4n) is 1.47. The van der Waals surface area contributed by atoms with Gasteiger partial charge < -0.3 is 5.73 Å². The molecule has 2 N–H and O–H groups in total. The minimum absolute atomic E-state index is 0.131. The number of benzene rings is 1. The molecule has 1 heterocycles. The third-order valence-corrected chi connectivity index (χ3v) is 3.58. The molecule has 0 radical (unpaired) electrons. The molecule has 0 amide bonds. The molecule has 1 aromatic heterocycles. The summed E-state index contributed by atoms with van der Waals surface area (Å²) in [5.74, 6) is 0.433. The summed E-state index contributed by atoms with van der Waals surface area (Å²) < 4.78 is 15.1. The maximum absolute atomic E-state index is 13.4. The highest BCUT2D eigenvalue weighted by molar-refractivity contribution is 7.99. The number of aromatic nitrogens is 2. The fourth-order valence-corrected chi connectivity index (χ4v) is 2.40. The predicted molar refractivity (Wildman–Crippen MR) is 67.3 cm³/mol. The molecule has 1 unspecified atom stereocenters. The van der Waals surface area contributed by atoms with Crippen LogP contribution in [0.5, 0.6) is 0 Å². The number of hydrogen-bond donors (Lipinski definition) is 1. The van der Waals surface area contributed by atoms with Crippen molar-refractivity contribution in [3.05, 3.63) is 48.0 Å². The summed E-state index contributed by atoms with van der Waals surface area (Å²) in [6, 6.07) is 6.59. The van der Waals surface area contributed by atoms with Crippen LogP contribution in [0.2, 0.25) is 0 Å². The maximum Gasteiger partial charge on any atom is 0.136 e. The Balaban J connectivity index is 1.97. The lowest BCUT2D eigenvalue weighted by atomic mass is 10.2. The van der Waals surface area contributed by atoms with Crippen molar-refractivity contribution in [1.82, 2.24) is 9.78 Å². The van der Waals surface area contributed by atoms with Crippen molar-refractivity contribution in [3.63, 3.8) is 0 Å². The molecule has 1 atom stereocenters. The lowest BCUT2D eigenvalue weighted by Crippen LogP contribution is -2.12. The van der Waals surface area contributed by atoms with Crippen LogP contribution >= 0.6 is 11.8 Å². The van der Waals surface area contributed by atoms with Gasteiger partial charge in [0, 0.05) is 35.5 Å². The number of nitrogens with two attached hydrogens (primary N) is 1. The molecule has 0 spiro atoms. The van der Waals surface area contributed by atoms with Crippen molar-refractivity contribution in [3.8, 4) is 0 Å². The normalized spacial score (nSPS) is 12.6. The first kappa shape index (κ1) is 12.1. The first-order valence-electron chi connectivity index (χ1n) is 5.28. The second-order valence-corrected chi connectivity index (χ2v) is 4.86. The van der Waals surface area contributed by atoms with E-state index in [2.05, 4.69) is 5.10 Å². The van der Waals surface area contributed by atoms with Crippen molar-refractivity contribution in [2.45, 2.75) is 10.9 Å². The average molecular weight is 251 g/mol. The largest absolute Gasteiger partial charge is 0.323 e. The molecule has 17 heavy (non-hydrogen) atoms. The molecule has 0 fully saturated rings. The maximum atomic E-state index is 13.4.